The average molecular weight is 440 g/mol. The van der Waals surface area contributed by atoms with Crippen LogP contribution in [0.4, 0.5) is 14.5 Å². The molecule has 29 heavy (non-hydrogen) atoms. The summed E-state index contributed by atoms with van der Waals surface area (Å²) in [5.41, 5.74) is 1.15. The van der Waals surface area contributed by atoms with Crippen LogP contribution in [-0.4, -0.2) is 25.3 Å². The number of hydrogen-bond donors (Lipinski definition) is 1. The molecule has 1 aliphatic rings. The van der Waals surface area contributed by atoms with E-state index in [0.29, 0.717) is 16.1 Å². The van der Waals surface area contributed by atoms with Gasteiger partial charge in [0.15, 0.2) is 21.5 Å². The molecule has 1 aliphatic carbocycles. The highest BCUT2D eigenvalue weighted by atomic mass is 32.2. The van der Waals surface area contributed by atoms with Crippen LogP contribution in [0.5, 0.6) is 0 Å². The molecule has 0 aromatic heterocycles. The Morgan fingerprint density at radius 3 is 2.52 bits per heavy atom. The molecule has 0 saturated heterocycles. The number of anilines is 1. The van der Waals surface area contributed by atoms with Crippen LogP contribution in [0.25, 0.3) is 0 Å². The van der Waals surface area contributed by atoms with Crippen LogP contribution >= 0.6 is 11.8 Å². The second kappa shape index (κ2) is 9.71. The first kappa shape index (κ1) is 21.8. The molecule has 3 rings (SSSR count). The summed E-state index contributed by atoms with van der Waals surface area (Å²) in [7, 11) is -3.22. The van der Waals surface area contributed by atoms with Crippen LogP contribution in [-0.2, 0) is 20.4 Å². The van der Waals surface area contributed by atoms with Crippen molar-refractivity contribution in [3.63, 3.8) is 0 Å². The first-order valence-electron chi connectivity index (χ1n) is 9.52. The first-order chi connectivity index (χ1) is 13.8. The number of thioether (sulfide) groups is 1. The molecule has 4 nitrogen and oxygen atoms in total. The highest BCUT2D eigenvalue weighted by Gasteiger charge is 2.27. The summed E-state index contributed by atoms with van der Waals surface area (Å²) in [6.07, 6.45) is 4.45. The zero-order chi connectivity index (χ0) is 20.9. The fraction of sp³-hybridized carbons (Fsp3) is 0.381. The van der Waals surface area contributed by atoms with Gasteiger partial charge in [0, 0.05) is 10.6 Å². The maximum absolute atomic E-state index is 13.2. The molecule has 1 N–H and O–H groups in total. The summed E-state index contributed by atoms with van der Waals surface area (Å²) in [6.45, 7) is 0. The van der Waals surface area contributed by atoms with Gasteiger partial charge in [0.2, 0.25) is 5.91 Å². The second-order valence-corrected chi connectivity index (χ2v) is 10.5. The molecule has 2 aromatic carbocycles. The standard InChI is InChI=1S/C21H23F2NO3S2/c22-19-10-9-17(12-20(19)23)28-13-21(25)24-16-6-4-5-15(11-16)14-29(26,27)18-7-2-1-3-8-18/h4-6,9-12,18H,1-3,7-8,13-14H2,(H,24,25). The quantitative estimate of drug-likeness (QED) is 0.621. The molecular weight excluding hydrogens is 416 g/mol. The van der Waals surface area contributed by atoms with Gasteiger partial charge in [0.25, 0.3) is 0 Å². The third-order valence-corrected chi connectivity index (χ3v) is 8.12. The van der Waals surface area contributed by atoms with Crippen LogP contribution in [0, 0.1) is 11.6 Å². The van der Waals surface area contributed by atoms with Gasteiger partial charge in [-0.15, -0.1) is 11.8 Å². The van der Waals surface area contributed by atoms with Crippen molar-refractivity contribution in [1.29, 1.82) is 0 Å². The highest BCUT2D eigenvalue weighted by Crippen LogP contribution is 2.27. The molecule has 0 bridgehead atoms. The van der Waals surface area contributed by atoms with E-state index in [-0.39, 0.29) is 22.7 Å². The molecule has 0 atom stereocenters. The molecule has 0 unspecified atom stereocenters. The average Bonchev–Trinajstić information content (AvgIpc) is 2.69. The number of amides is 1. The van der Waals surface area contributed by atoms with E-state index in [2.05, 4.69) is 5.32 Å². The van der Waals surface area contributed by atoms with Crippen molar-refractivity contribution >= 4 is 33.2 Å². The smallest absolute Gasteiger partial charge is 0.234 e. The van der Waals surface area contributed by atoms with Crippen molar-refractivity contribution in [3.8, 4) is 0 Å². The van der Waals surface area contributed by atoms with Crippen molar-refractivity contribution in [2.45, 2.75) is 48.0 Å². The molecular formula is C21H23F2NO3S2. The molecule has 0 heterocycles. The Balaban J connectivity index is 1.57. The van der Waals surface area contributed by atoms with Crippen LogP contribution in [0.3, 0.4) is 0 Å². The Hall–Kier alpha value is -1.93. The lowest BCUT2D eigenvalue weighted by atomic mass is 10.0. The van der Waals surface area contributed by atoms with Crippen LogP contribution in [0.2, 0.25) is 0 Å². The van der Waals surface area contributed by atoms with Gasteiger partial charge in [-0.2, -0.15) is 0 Å². The zero-order valence-corrected chi connectivity index (χ0v) is 17.5. The third kappa shape index (κ3) is 6.27. The van der Waals surface area contributed by atoms with Gasteiger partial charge in [-0.05, 0) is 48.7 Å². The normalized spacial score (nSPS) is 15.2. The summed E-state index contributed by atoms with van der Waals surface area (Å²) in [4.78, 5) is 12.6. The van der Waals surface area contributed by atoms with Crippen molar-refractivity contribution in [2.24, 2.45) is 0 Å². The van der Waals surface area contributed by atoms with Gasteiger partial charge in [-0.3, -0.25) is 4.79 Å². The summed E-state index contributed by atoms with van der Waals surface area (Å²) in [5, 5.41) is 2.45. The molecule has 1 amide bonds. The topological polar surface area (TPSA) is 63.2 Å². The summed E-state index contributed by atoms with van der Waals surface area (Å²) in [5.74, 6) is -2.21. The molecule has 1 saturated carbocycles. The molecule has 2 aromatic rings. The van der Waals surface area contributed by atoms with Gasteiger partial charge in [0.1, 0.15) is 0 Å². The highest BCUT2D eigenvalue weighted by molar-refractivity contribution is 8.00. The number of carbonyl (C=O) groups is 1. The number of rotatable bonds is 7. The van der Waals surface area contributed by atoms with Gasteiger partial charge >= 0.3 is 0 Å². The van der Waals surface area contributed by atoms with E-state index in [4.69, 9.17) is 0 Å². The van der Waals surface area contributed by atoms with E-state index in [1.165, 1.54) is 6.07 Å². The molecule has 0 radical (unpaired) electrons. The fourth-order valence-corrected chi connectivity index (χ4v) is 6.08. The van der Waals surface area contributed by atoms with Gasteiger partial charge in [-0.1, -0.05) is 31.4 Å². The lowest BCUT2D eigenvalue weighted by molar-refractivity contribution is -0.113. The van der Waals surface area contributed by atoms with E-state index < -0.39 is 21.5 Å². The monoisotopic (exact) mass is 439 g/mol. The predicted octanol–water partition coefficient (Wildman–Crippen LogP) is 4.94. The number of nitrogens with one attached hydrogen (secondary N) is 1. The Morgan fingerprint density at radius 1 is 1.03 bits per heavy atom. The van der Waals surface area contributed by atoms with E-state index in [0.717, 1.165) is 56.0 Å². The van der Waals surface area contributed by atoms with Crippen molar-refractivity contribution in [2.75, 3.05) is 11.1 Å². The molecule has 8 heteroatoms. The zero-order valence-electron chi connectivity index (χ0n) is 15.9. The van der Waals surface area contributed by atoms with Gasteiger partial charge in [0.05, 0.1) is 16.8 Å². The SMILES string of the molecule is O=C(CSc1ccc(F)c(F)c1)Nc1cccc(CS(=O)(=O)C2CCCCC2)c1. The lowest BCUT2D eigenvalue weighted by Crippen LogP contribution is -2.25. The number of halogens is 2. The fourth-order valence-electron chi connectivity index (χ4n) is 3.43. The first-order valence-corrected chi connectivity index (χ1v) is 12.2. The minimum Gasteiger partial charge on any atom is -0.325 e. The Kier molecular flexibility index (Phi) is 7.29. The minimum atomic E-state index is -3.22. The Labute approximate surface area is 174 Å². The lowest BCUT2D eigenvalue weighted by Gasteiger charge is -2.21. The van der Waals surface area contributed by atoms with Crippen molar-refractivity contribution in [1.82, 2.24) is 0 Å². The van der Waals surface area contributed by atoms with Crippen molar-refractivity contribution in [3.05, 3.63) is 59.7 Å². The predicted molar refractivity (Wildman–Crippen MR) is 112 cm³/mol. The van der Waals surface area contributed by atoms with E-state index in [1.807, 2.05) is 0 Å². The number of sulfone groups is 1. The van der Waals surface area contributed by atoms with Crippen LogP contribution in [0.15, 0.2) is 47.4 Å². The van der Waals surface area contributed by atoms with Crippen LogP contribution < -0.4 is 5.32 Å². The number of carbonyl (C=O) groups excluding carboxylic acids is 1. The molecule has 0 aliphatic heterocycles. The van der Waals surface area contributed by atoms with Crippen LogP contribution in [0.1, 0.15) is 37.7 Å². The largest absolute Gasteiger partial charge is 0.325 e. The van der Waals surface area contributed by atoms with Gasteiger partial charge < -0.3 is 5.32 Å². The van der Waals surface area contributed by atoms with E-state index in [1.54, 1.807) is 24.3 Å². The molecule has 156 valence electrons. The van der Waals surface area contributed by atoms with Crippen molar-refractivity contribution < 1.29 is 22.0 Å². The second-order valence-electron chi connectivity index (χ2n) is 7.18. The Morgan fingerprint density at radius 2 is 1.79 bits per heavy atom. The maximum Gasteiger partial charge on any atom is 0.234 e. The minimum absolute atomic E-state index is 0.0235. The number of benzene rings is 2. The summed E-state index contributed by atoms with van der Waals surface area (Å²) < 4.78 is 51.5. The van der Waals surface area contributed by atoms with E-state index >= 15 is 0 Å². The summed E-state index contributed by atoms with van der Waals surface area (Å²) in [6, 6.07) is 10.3. The maximum atomic E-state index is 13.2. The molecule has 1 fully saturated rings. The van der Waals surface area contributed by atoms with E-state index in [9.17, 15) is 22.0 Å². The molecule has 0 spiro atoms. The Bertz CT molecular complexity index is 974. The van der Waals surface area contributed by atoms with Gasteiger partial charge in [-0.25, -0.2) is 17.2 Å². The summed E-state index contributed by atoms with van der Waals surface area (Å²) >= 11 is 1.09. The third-order valence-electron chi connectivity index (χ3n) is 4.90. The number of hydrogen-bond acceptors (Lipinski definition) is 4.